The largest absolute Gasteiger partial charge is 0.488 e. The molecular weight excluding hydrogens is 294 g/mol. The number of nitrogens with one attached hydrogen (secondary N) is 1. The van der Waals surface area contributed by atoms with Crippen LogP contribution in [0.2, 0.25) is 0 Å². The molecule has 0 saturated heterocycles. The Morgan fingerprint density at radius 3 is 2.44 bits per heavy atom. The molecule has 0 radical (unpaired) electrons. The summed E-state index contributed by atoms with van der Waals surface area (Å²) < 4.78 is 5.89. The molecule has 0 aliphatic rings. The minimum Gasteiger partial charge on any atom is -0.488 e. The van der Waals surface area contributed by atoms with E-state index in [1.165, 1.54) is 0 Å². The maximum atomic E-state index is 11.2. The summed E-state index contributed by atoms with van der Waals surface area (Å²) in [5.41, 5.74) is 0.602. The second-order valence-electron chi connectivity index (χ2n) is 4.73. The summed E-state index contributed by atoms with van der Waals surface area (Å²) >= 11 is 3.42. The van der Waals surface area contributed by atoms with Crippen molar-refractivity contribution in [3.63, 3.8) is 0 Å². The van der Waals surface area contributed by atoms with E-state index in [2.05, 4.69) is 35.1 Å². The molecule has 4 heteroatoms. The molecule has 0 atom stereocenters. The number of carbonyl (C=O) groups is 1. The van der Waals surface area contributed by atoms with Gasteiger partial charge in [0.2, 0.25) is 5.91 Å². The number of benzene rings is 1. The Morgan fingerprint density at radius 1 is 1.33 bits per heavy atom. The first kappa shape index (κ1) is 15.0. The highest BCUT2D eigenvalue weighted by atomic mass is 79.9. The van der Waals surface area contributed by atoms with Crippen molar-refractivity contribution in [1.82, 2.24) is 0 Å². The number of carbonyl (C=O) groups excluding carboxylic acids is 1. The highest BCUT2D eigenvalue weighted by Gasteiger charge is 2.18. The average Bonchev–Trinajstić information content (AvgIpc) is 2.31. The van der Waals surface area contributed by atoms with Crippen molar-refractivity contribution in [2.75, 3.05) is 10.6 Å². The van der Waals surface area contributed by atoms with Gasteiger partial charge in [0.05, 0.1) is 0 Å². The molecule has 0 aliphatic carbocycles. The average molecular weight is 314 g/mol. The van der Waals surface area contributed by atoms with E-state index in [0.717, 1.165) is 23.2 Å². The molecule has 100 valence electrons. The van der Waals surface area contributed by atoms with Crippen LogP contribution in [-0.2, 0) is 4.79 Å². The number of halogens is 1. The minimum absolute atomic E-state index is 0.0169. The van der Waals surface area contributed by atoms with Crippen LogP contribution in [0.1, 0.15) is 33.6 Å². The molecule has 0 fully saturated rings. The van der Waals surface area contributed by atoms with Crippen LogP contribution in [-0.4, -0.2) is 16.8 Å². The van der Waals surface area contributed by atoms with E-state index in [9.17, 15) is 4.79 Å². The van der Waals surface area contributed by atoms with E-state index >= 15 is 0 Å². The SMILES string of the molecule is CCC(=O)Nc1ccc(OC(C)(C)CCBr)cc1. The highest BCUT2D eigenvalue weighted by molar-refractivity contribution is 9.09. The third-order valence-electron chi connectivity index (χ3n) is 2.55. The Bertz CT molecular complexity index is 387. The van der Waals surface area contributed by atoms with Gasteiger partial charge >= 0.3 is 0 Å². The fourth-order valence-electron chi connectivity index (χ4n) is 1.45. The quantitative estimate of drug-likeness (QED) is 0.807. The number of anilines is 1. The monoisotopic (exact) mass is 313 g/mol. The van der Waals surface area contributed by atoms with Crippen molar-refractivity contribution in [2.45, 2.75) is 39.2 Å². The van der Waals surface area contributed by atoms with E-state index in [1.54, 1.807) is 0 Å². The van der Waals surface area contributed by atoms with Gasteiger partial charge in [0.25, 0.3) is 0 Å². The second kappa shape index (κ2) is 6.78. The van der Waals surface area contributed by atoms with Gasteiger partial charge in [0, 0.05) is 17.4 Å². The molecule has 0 heterocycles. The molecule has 0 spiro atoms. The van der Waals surface area contributed by atoms with Crippen LogP contribution in [0.25, 0.3) is 0 Å². The Hall–Kier alpha value is -1.03. The lowest BCUT2D eigenvalue weighted by atomic mass is 10.1. The van der Waals surface area contributed by atoms with Gasteiger partial charge in [-0.2, -0.15) is 0 Å². The van der Waals surface area contributed by atoms with Gasteiger partial charge in [-0.25, -0.2) is 0 Å². The van der Waals surface area contributed by atoms with E-state index in [1.807, 2.05) is 31.2 Å². The summed E-state index contributed by atoms with van der Waals surface area (Å²) in [4.78, 5) is 11.2. The molecule has 1 aromatic rings. The standard InChI is InChI=1S/C14H20BrNO2/c1-4-13(17)16-11-5-7-12(8-6-11)18-14(2,3)9-10-15/h5-8H,4,9-10H2,1-3H3,(H,16,17). The molecular formula is C14H20BrNO2. The first-order chi connectivity index (χ1) is 8.46. The van der Waals surface area contributed by atoms with Crippen molar-refractivity contribution in [3.8, 4) is 5.75 Å². The summed E-state index contributed by atoms with van der Waals surface area (Å²) in [7, 11) is 0. The van der Waals surface area contributed by atoms with Crippen LogP contribution in [0.15, 0.2) is 24.3 Å². The zero-order valence-electron chi connectivity index (χ0n) is 11.1. The summed E-state index contributed by atoms with van der Waals surface area (Å²) in [6, 6.07) is 7.46. The predicted octanol–water partition coefficient (Wildman–Crippen LogP) is 3.98. The first-order valence-corrected chi connectivity index (χ1v) is 7.24. The lowest BCUT2D eigenvalue weighted by Gasteiger charge is -2.25. The lowest BCUT2D eigenvalue weighted by Crippen LogP contribution is -2.28. The number of ether oxygens (including phenoxy) is 1. The lowest BCUT2D eigenvalue weighted by molar-refractivity contribution is -0.115. The van der Waals surface area contributed by atoms with Crippen LogP contribution >= 0.6 is 15.9 Å². The third kappa shape index (κ3) is 5.08. The zero-order valence-corrected chi connectivity index (χ0v) is 12.7. The summed E-state index contributed by atoms with van der Waals surface area (Å²) in [6.45, 7) is 5.94. The number of alkyl halides is 1. The molecule has 0 bridgehead atoms. The molecule has 1 amide bonds. The van der Waals surface area contributed by atoms with Crippen LogP contribution in [0.5, 0.6) is 5.75 Å². The van der Waals surface area contributed by atoms with E-state index < -0.39 is 0 Å². The van der Waals surface area contributed by atoms with E-state index in [-0.39, 0.29) is 11.5 Å². The number of rotatable bonds is 6. The number of hydrogen-bond acceptors (Lipinski definition) is 2. The Labute approximate surface area is 117 Å². The molecule has 0 unspecified atom stereocenters. The van der Waals surface area contributed by atoms with Crippen molar-refractivity contribution in [1.29, 1.82) is 0 Å². The molecule has 0 saturated carbocycles. The Balaban J connectivity index is 2.63. The van der Waals surface area contributed by atoms with Gasteiger partial charge in [0.1, 0.15) is 11.4 Å². The summed E-state index contributed by atoms with van der Waals surface area (Å²) in [5, 5.41) is 3.71. The van der Waals surface area contributed by atoms with Crippen molar-refractivity contribution < 1.29 is 9.53 Å². The molecule has 1 rings (SSSR count). The first-order valence-electron chi connectivity index (χ1n) is 6.12. The number of amides is 1. The summed E-state index contributed by atoms with van der Waals surface area (Å²) in [6.07, 6.45) is 1.41. The van der Waals surface area contributed by atoms with Gasteiger partial charge in [-0.15, -0.1) is 0 Å². The zero-order chi connectivity index (χ0) is 13.6. The van der Waals surface area contributed by atoms with Gasteiger partial charge in [0.15, 0.2) is 0 Å². The molecule has 3 nitrogen and oxygen atoms in total. The number of hydrogen-bond donors (Lipinski definition) is 1. The molecule has 1 N–H and O–H groups in total. The highest BCUT2D eigenvalue weighted by Crippen LogP contribution is 2.23. The van der Waals surface area contributed by atoms with E-state index in [4.69, 9.17) is 4.74 Å². The summed E-state index contributed by atoms with van der Waals surface area (Å²) in [5.74, 6) is 0.832. The van der Waals surface area contributed by atoms with Crippen molar-refractivity contribution in [2.24, 2.45) is 0 Å². The fraction of sp³-hybridized carbons (Fsp3) is 0.500. The van der Waals surface area contributed by atoms with Gasteiger partial charge in [-0.3, -0.25) is 4.79 Å². The molecule has 18 heavy (non-hydrogen) atoms. The normalized spacial score (nSPS) is 11.1. The Morgan fingerprint density at radius 2 is 1.94 bits per heavy atom. The fourth-order valence-corrected chi connectivity index (χ4v) is 2.41. The van der Waals surface area contributed by atoms with E-state index in [0.29, 0.717) is 6.42 Å². The Kier molecular flexibility index (Phi) is 5.66. The van der Waals surface area contributed by atoms with Crippen LogP contribution in [0.3, 0.4) is 0 Å². The van der Waals surface area contributed by atoms with Gasteiger partial charge in [-0.05, 0) is 44.5 Å². The molecule has 0 aromatic heterocycles. The molecule has 1 aromatic carbocycles. The van der Waals surface area contributed by atoms with Gasteiger partial charge in [-0.1, -0.05) is 22.9 Å². The van der Waals surface area contributed by atoms with Crippen molar-refractivity contribution >= 4 is 27.5 Å². The van der Waals surface area contributed by atoms with Crippen LogP contribution in [0, 0.1) is 0 Å². The topological polar surface area (TPSA) is 38.3 Å². The predicted molar refractivity (Wildman–Crippen MR) is 78.5 cm³/mol. The maximum absolute atomic E-state index is 11.2. The van der Waals surface area contributed by atoms with Gasteiger partial charge < -0.3 is 10.1 Å². The molecule has 0 aliphatic heterocycles. The van der Waals surface area contributed by atoms with Crippen molar-refractivity contribution in [3.05, 3.63) is 24.3 Å². The smallest absolute Gasteiger partial charge is 0.224 e. The second-order valence-corrected chi connectivity index (χ2v) is 5.52. The third-order valence-corrected chi connectivity index (χ3v) is 2.95. The van der Waals surface area contributed by atoms with Crippen LogP contribution in [0.4, 0.5) is 5.69 Å². The minimum atomic E-state index is -0.197. The van der Waals surface area contributed by atoms with Crippen LogP contribution < -0.4 is 10.1 Å². The maximum Gasteiger partial charge on any atom is 0.224 e.